The number of hydrogen-bond donors (Lipinski definition) is 0. The summed E-state index contributed by atoms with van der Waals surface area (Å²) in [7, 11) is 0. The number of cyclic esters (lactones) is 1. The molecule has 90 valence electrons. The number of fused-ring (bicyclic) bond motifs is 1. The molecule has 0 aliphatic carbocycles. The number of carbonyl (C=O) groups excluding carboxylic acids is 2. The number of rotatable bonds is 3. The van der Waals surface area contributed by atoms with Crippen LogP contribution in [-0.2, 0) is 14.3 Å². The Hall–Kier alpha value is -1.91. The molecule has 0 amide bonds. The molecule has 1 aliphatic rings. The predicted octanol–water partition coefficient (Wildman–Crippen LogP) is 1.99. The smallest absolute Gasteiger partial charge is 0.342 e. The first-order chi connectivity index (χ1) is 8.13. The number of hydrogen-bond acceptors (Lipinski definition) is 4. The van der Waals surface area contributed by atoms with E-state index in [9.17, 15) is 14.0 Å². The first-order valence-electron chi connectivity index (χ1n) is 5.28. The summed E-state index contributed by atoms with van der Waals surface area (Å²) in [4.78, 5) is 22.7. The van der Waals surface area contributed by atoms with E-state index in [1.165, 1.54) is 12.1 Å². The van der Waals surface area contributed by atoms with Gasteiger partial charge in [0, 0.05) is 5.56 Å². The van der Waals surface area contributed by atoms with Crippen LogP contribution < -0.4 is 0 Å². The molecule has 0 unspecified atom stereocenters. The van der Waals surface area contributed by atoms with Crippen LogP contribution in [-0.4, -0.2) is 18.5 Å². The molecule has 17 heavy (non-hydrogen) atoms. The fourth-order valence-corrected chi connectivity index (χ4v) is 1.80. The molecule has 0 spiro atoms. The Morgan fingerprint density at radius 2 is 2.29 bits per heavy atom. The molecule has 0 N–H and O–H groups in total. The average Bonchev–Trinajstić information content (AvgIpc) is 2.57. The minimum atomic E-state index is -0.743. The Kier molecular flexibility index (Phi) is 3.08. The molecule has 5 heteroatoms. The Labute approximate surface area is 97.3 Å². The van der Waals surface area contributed by atoms with Crippen LogP contribution in [0.2, 0.25) is 0 Å². The van der Waals surface area contributed by atoms with E-state index in [0.29, 0.717) is 5.56 Å². The second-order valence-corrected chi connectivity index (χ2v) is 3.61. The highest BCUT2D eigenvalue weighted by Gasteiger charge is 2.35. The zero-order valence-corrected chi connectivity index (χ0v) is 9.23. The van der Waals surface area contributed by atoms with Crippen molar-refractivity contribution in [3.05, 3.63) is 35.1 Å². The van der Waals surface area contributed by atoms with Crippen molar-refractivity contribution in [2.24, 2.45) is 0 Å². The highest BCUT2D eigenvalue weighted by atomic mass is 19.1. The lowest BCUT2D eigenvalue weighted by Crippen LogP contribution is -2.10. The zero-order chi connectivity index (χ0) is 12.4. The lowest BCUT2D eigenvalue weighted by Gasteiger charge is -2.09. The van der Waals surface area contributed by atoms with Crippen LogP contribution >= 0.6 is 0 Å². The van der Waals surface area contributed by atoms with Crippen LogP contribution in [0.15, 0.2) is 18.2 Å². The summed E-state index contributed by atoms with van der Waals surface area (Å²) in [6.07, 6.45) is -0.831. The number of halogens is 1. The number of benzene rings is 1. The van der Waals surface area contributed by atoms with Gasteiger partial charge in [-0.1, -0.05) is 12.1 Å². The minimum absolute atomic E-state index is 0.0817. The van der Waals surface area contributed by atoms with Gasteiger partial charge in [-0.3, -0.25) is 4.79 Å². The van der Waals surface area contributed by atoms with Gasteiger partial charge >= 0.3 is 11.9 Å². The lowest BCUT2D eigenvalue weighted by atomic mass is 10.0. The Balaban J connectivity index is 2.23. The molecule has 0 bridgehead atoms. The summed E-state index contributed by atoms with van der Waals surface area (Å²) in [5.41, 5.74) is 0.324. The first-order valence-corrected chi connectivity index (χ1v) is 5.28. The Morgan fingerprint density at radius 3 is 3.00 bits per heavy atom. The Morgan fingerprint density at radius 1 is 1.53 bits per heavy atom. The Bertz CT molecular complexity index is 470. The van der Waals surface area contributed by atoms with Gasteiger partial charge in [0.15, 0.2) is 0 Å². The van der Waals surface area contributed by atoms with Gasteiger partial charge < -0.3 is 9.47 Å². The van der Waals surface area contributed by atoms with E-state index in [4.69, 9.17) is 9.47 Å². The molecule has 1 heterocycles. The van der Waals surface area contributed by atoms with Crippen molar-refractivity contribution in [1.29, 1.82) is 0 Å². The molecule has 1 aromatic carbocycles. The normalized spacial score (nSPS) is 17.5. The van der Waals surface area contributed by atoms with E-state index in [-0.39, 0.29) is 18.6 Å². The fraction of sp³-hybridized carbons (Fsp3) is 0.333. The topological polar surface area (TPSA) is 52.6 Å². The van der Waals surface area contributed by atoms with E-state index in [1.807, 2.05) is 0 Å². The van der Waals surface area contributed by atoms with Gasteiger partial charge in [0.1, 0.15) is 17.5 Å². The van der Waals surface area contributed by atoms with Crippen molar-refractivity contribution < 1.29 is 23.5 Å². The molecule has 0 saturated carbocycles. The van der Waals surface area contributed by atoms with Gasteiger partial charge in [-0.15, -0.1) is 0 Å². The van der Waals surface area contributed by atoms with Crippen LogP contribution in [0, 0.1) is 5.82 Å². The van der Waals surface area contributed by atoms with Crippen LogP contribution in [0.1, 0.15) is 35.4 Å². The maximum atomic E-state index is 13.4. The molecule has 2 rings (SSSR count). The standard InChI is InChI=1S/C12H11FO4/c1-2-16-10(14)6-9-7-4-3-5-8(13)11(7)12(15)17-9/h3-5,9H,2,6H2,1H3/t9-/m0/s1. The predicted molar refractivity (Wildman–Crippen MR) is 55.8 cm³/mol. The molecule has 4 nitrogen and oxygen atoms in total. The van der Waals surface area contributed by atoms with Crippen molar-refractivity contribution in [2.45, 2.75) is 19.4 Å². The maximum absolute atomic E-state index is 13.4. The number of carbonyl (C=O) groups is 2. The van der Waals surface area contributed by atoms with Crippen molar-refractivity contribution in [2.75, 3.05) is 6.61 Å². The van der Waals surface area contributed by atoms with E-state index >= 15 is 0 Å². The van der Waals surface area contributed by atoms with Gasteiger partial charge in [-0.25, -0.2) is 9.18 Å². The molecule has 1 aromatic rings. The van der Waals surface area contributed by atoms with Crippen LogP contribution in [0.25, 0.3) is 0 Å². The van der Waals surface area contributed by atoms with Crippen LogP contribution in [0.3, 0.4) is 0 Å². The number of esters is 2. The van der Waals surface area contributed by atoms with Crippen molar-refractivity contribution in [1.82, 2.24) is 0 Å². The minimum Gasteiger partial charge on any atom is -0.466 e. The van der Waals surface area contributed by atoms with Crippen molar-refractivity contribution in [3.63, 3.8) is 0 Å². The summed E-state index contributed by atoms with van der Waals surface area (Å²) < 4.78 is 23.1. The third-order valence-electron chi connectivity index (χ3n) is 2.50. The third kappa shape index (κ3) is 2.13. The summed E-state index contributed by atoms with van der Waals surface area (Å²) in [6, 6.07) is 4.24. The molecule has 1 atom stereocenters. The van der Waals surface area contributed by atoms with E-state index in [1.54, 1.807) is 13.0 Å². The molecular formula is C12H11FO4. The summed E-state index contributed by atoms with van der Waals surface area (Å²) in [5, 5.41) is 0. The molecule has 0 aromatic heterocycles. The fourth-order valence-electron chi connectivity index (χ4n) is 1.80. The third-order valence-corrected chi connectivity index (χ3v) is 2.50. The van der Waals surface area contributed by atoms with E-state index in [0.717, 1.165) is 0 Å². The van der Waals surface area contributed by atoms with Crippen molar-refractivity contribution in [3.8, 4) is 0 Å². The highest BCUT2D eigenvalue weighted by molar-refractivity contribution is 5.94. The molecule has 0 saturated heterocycles. The second kappa shape index (κ2) is 4.53. The van der Waals surface area contributed by atoms with E-state index < -0.39 is 23.9 Å². The van der Waals surface area contributed by atoms with Crippen LogP contribution in [0.5, 0.6) is 0 Å². The van der Waals surface area contributed by atoms with Crippen LogP contribution in [0.4, 0.5) is 4.39 Å². The van der Waals surface area contributed by atoms with Gasteiger partial charge in [-0.2, -0.15) is 0 Å². The van der Waals surface area contributed by atoms with Gasteiger partial charge in [0.25, 0.3) is 0 Å². The average molecular weight is 238 g/mol. The molecular weight excluding hydrogens is 227 g/mol. The van der Waals surface area contributed by atoms with E-state index in [2.05, 4.69) is 0 Å². The summed E-state index contributed by atoms with van der Waals surface area (Å²) in [5.74, 6) is -1.83. The monoisotopic (exact) mass is 238 g/mol. The largest absolute Gasteiger partial charge is 0.466 e. The molecule has 0 fully saturated rings. The lowest BCUT2D eigenvalue weighted by molar-refractivity contribution is -0.145. The quantitative estimate of drug-likeness (QED) is 0.755. The van der Waals surface area contributed by atoms with Gasteiger partial charge in [0.2, 0.25) is 0 Å². The first kappa shape index (κ1) is 11.6. The number of ether oxygens (including phenoxy) is 2. The molecule has 0 radical (unpaired) electrons. The van der Waals surface area contributed by atoms with Crippen molar-refractivity contribution >= 4 is 11.9 Å². The zero-order valence-electron chi connectivity index (χ0n) is 9.23. The molecule has 1 aliphatic heterocycles. The maximum Gasteiger partial charge on any atom is 0.342 e. The summed E-state index contributed by atoms with van der Waals surface area (Å²) in [6.45, 7) is 1.95. The van der Waals surface area contributed by atoms with Gasteiger partial charge in [-0.05, 0) is 13.0 Å². The SMILES string of the molecule is CCOC(=O)C[C@@H]1OC(=O)c2c(F)cccc21. The highest BCUT2D eigenvalue weighted by Crippen LogP contribution is 2.34. The van der Waals surface area contributed by atoms with Gasteiger partial charge in [0.05, 0.1) is 13.0 Å². The summed E-state index contributed by atoms with van der Waals surface area (Å²) >= 11 is 0. The second-order valence-electron chi connectivity index (χ2n) is 3.61.